The molecule has 3 rings (SSSR count). The number of hydrogen-bond donors (Lipinski definition) is 2. The van der Waals surface area contributed by atoms with Crippen LogP contribution in [0.3, 0.4) is 0 Å². The summed E-state index contributed by atoms with van der Waals surface area (Å²) >= 11 is 0. The Kier molecular flexibility index (Phi) is 6.58. The van der Waals surface area contributed by atoms with Gasteiger partial charge in [0.15, 0.2) is 0 Å². The van der Waals surface area contributed by atoms with Gasteiger partial charge in [-0.2, -0.15) is 0 Å². The molecule has 1 saturated heterocycles. The first-order valence-corrected chi connectivity index (χ1v) is 7.10. The maximum absolute atomic E-state index is 12.1. The van der Waals surface area contributed by atoms with Crippen LogP contribution in [0, 0.1) is 44.1 Å². The molecular formula is C17H18AcN2O2. The number of benzene rings is 2. The Morgan fingerprint density at radius 3 is 1.95 bits per heavy atom. The van der Waals surface area contributed by atoms with Gasteiger partial charge < -0.3 is 0 Å². The van der Waals surface area contributed by atoms with Gasteiger partial charge in [0.1, 0.15) is 6.17 Å². The van der Waals surface area contributed by atoms with E-state index in [9.17, 15) is 10.0 Å². The second-order valence-electron chi connectivity index (χ2n) is 5.30. The summed E-state index contributed by atoms with van der Waals surface area (Å²) in [6.07, 6.45) is 0.810. The summed E-state index contributed by atoms with van der Waals surface area (Å²) in [5, 5.41) is 14.0. The van der Waals surface area contributed by atoms with Crippen LogP contribution in [0.15, 0.2) is 60.7 Å². The second kappa shape index (κ2) is 8.22. The van der Waals surface area contributed by atoms with Crippen molar-refractivity contribution >= 4 is 5.91 Å². The molecule has 1 radical (unpaired) electrons. The van der Waals surface area contributed by atoms with Gasteiger partial charge >= 0.3 is 0 Å². The minimum absolute atomic E-state index is 0. The van der Waals surface area contributed by atoms with Crippen LogP contribution in [0.25, 0.3) is 0 Å². The molecule has 2 N–H and O–H groups in total. The summed E-state index contributed by atoms with van der Waals surface area (Å²) in [5.74, 6) is -0.264. The van der Waals surface area contributed by atoms with Crippen LogP contribution in [-0.4, -0.2) is 28.4 Å². The maximum atomic E-state index is 12.1. The minimum atomic E-state index is -0.369. The molecule has 5 heteroatoms. The van der Waals surface area contributed by atoms with Gasteiger partial charge in [-0.25, -0.2) is 5.06 Å². The summed E-state index contributed by atoms with van der Waals surface area (Å²) in [5.41, 5.74) is 2.17. The molecule has 1 aliphatic rings. The number of amides is 1. The van der Waals surface area contributed by atoms with Crippen LogP contribution in [0.1, 0.15) is 11.1 Å². The number of hydroxylamine groups is 2. The third-order valence-electron chi connectivity index (χ3n) is 3.77. The molecule has 2 aromatic rings. The zero-order valence-electron chi connectivity index (χ0n) is 12.2. The first-order valence-electron chi connectivity index (χ1n) is 7.10. The fourth-order valence-corrected chi connectivity index (χ4v) is 2.67. The Morgan fingerprint density at radius 2 is 1.41 bits per heavy atom. The molecule has 111 valence electrons. The van der Waals surface area contributed by atoms with Crippen molar-refractivity contribution < 1.29 is 54.1 Å². The second-order valence-corrected chi connectivity index (χ2v) is 5.30. The van der Waals surface area contributed by atoms with Gasteiger partial charge in [-0.15, -0.1) is 0 Å². The predicted molar refractivity (Wildman–Crippen MR) is 79.6 cm³/mol. The molecule has 1 heterocycles. The average Bonchev–Trinajstić information content (AvgIpc) is 2.78. The van der Waals surface area contributed by atoms with Gasteiger partial charge in [-0.05, 0) is 17.5 Å². The number of carbonyl (C=O) groups excluding carboxylic acids is 1. The van der Waals surface area contributed by atoms with E-state index in [-0.39, 0.29) is 62.2 Å². The van der Waals surface area contributed by atoms with Crippen molar-refractivity contribution in [1.29, 1.82) is 0 Å². The molecule has 2 atom stereocenters. The van der Waals surface area contributed by atoms with Crippen LogP contribution >= 0.6 is 0 Å². The Hall–Kier alpha value is -0.728. The SMILES string of the molecule is O=C1[C@H](Cc2ccccc2)N[C@@H](Cc2ccccc2)N1O.[Ac]. The number of carbonyl (C=O) groups is 1. The Labute approximate surface area is 166 Å². The van der Waals surface area contributed by atoms with E-state index in [4.69, 9.17) is 0 Å². The topological polar surface area (TPSA) is 52.6 Å². The van der Waals surface area contributed by atoms with E-state index in [0.717, 1.165) is 16.2 Å². The van der Waals surface area contributed by atoms with Crippen molar-refractivity contribution in [3.05, 3.63) is 71.8 Å². The fourth-order valence-electron chi connectivity index (χ4n) is 2.67. The molecule has 0 aliphatic carbocycles. The van der Waals surface area contributed by atoms with E-state index in [2.05, 4.69) is 5.32 Å². The van der Waals surface area contributed by atoms with Crippen molar-refractivity contribution in [2.24, 2.45) is 0 Å². The quantitative estimate of drug-likeness (QED) is 0.621. The summed E-state index contributed by atoms with van der Waals surface area (Å²) in [4.78, 5) is 12.1. The van der Waals surface area contributed by atoms with E-state index >= 15 is 0 Å². The van der Waals surface area contributed by atoms with Crippen LogP contribution in [0.4, 0.5) is 0 Å². The molecular weight excluding hydrogens is 491 g/mol. The average molecular weight is 509 g/mol. The molecule has 2 aromatic carbocycles. The third-order valence-corrected chi connectivity index (χ3v) is 3.77. The largest absolute Gasteiger partial charge is 0.284 e. The number of hydrogen-bond acceptors (Lipinski definition) is 3. The predicted octanol–water partition coefficient (Wildman–Crippen LogP) is 1.99. The Morgan fingerprint density at radius 1 is 0.909 bits per heavy atom. The van der Waals surface area contributed by atoms with Crippen LogP contribution in [-0.2, 0) is 17.6 Å². The normalized spacial score (nSPS) is 20.8. The molecule has 0 spiro atoms. The van der Waals surface area contributed by atoms with E-state index in [0.29, 0.717) is 12.8 Å². The van der Waals surface area contributed by atoms with Crippen molar-refractivity contribution in [3.8, 4) is 0 Å². The molecule has 0 unspecified atom stereocenters. The molecule has 22 heavy (non-hydrogen) atoms. The van der Waals surface area contributed by atoms with Gasteiger partial charge in [0, 0.05) is 50.5 Å². The number of nitrogens with one attached hydrogen (secondary N) is 1. The first kappa shape index (κ1) is 17.6. The number of nitrogens with zero attached hydrogens (tertiary/aromatic N) is 1. The fraction of sp³-hybridized carbons (Fsp3) is 0.235. The number of rotatable bonds is 4. The maximum Gasteiger partial charge on any atom is 0.264 e. The molecule has 1 fully saturated rings. The van der Waals surface area contributed by atoms with E-state index in [1.165, 1.54) is 0 Å². The van der Waals surface area contributed by atoms with Gasteiger partial charge in [0.2, 0.25) is 0 Å². The van der Waals surface area contributed by atoms with Crippen molar-refractivity contribution in [1.82, 2.24) is 10.4 Å². The monoisotopic (exact) mass is 509 g/mol. The van der Waals surface area contributed by atoms with Crippen LogP contribution in [0.5, 0.6) is 0 Å². The van der Waals surface area contributed by atoms with Crippen LogP contribution < -0.4 is 5.32 Å². The smallest absolute Gasteiger partial charge is 0.264 e. The standard InChI is InChI=1S/C17H18N2O2.Ac/c20-17-15(11-13-7-3-1-4-8-13)18-16(19(17)21)12-14-9-5-2-6-10-14;/h1-10,15-16,18,21H,11-12H2;/t15-,16+;/m0./s1. The molecule has 0 aromatic heterocycles. The summed E-state index contributed by atoms with van der Waals surface area (Å²) in [6.45, 7) is 0. The van der Waals surface area contributed by atoms with Crippen molar-refractivity contribution in [2.45, 2.75) is 25.0 Å². The van der Waals surface area contributed by atoms with Crippen molar-refractivity contribution in [2.75, 3.05) is 0 Å². The third kappa shape index (κ3) is 4.17. The molecule has 0 bridgehead atoms. The van der Waals surface area contributed by atoms with Crippen molar-refractivity contribution in [3.63, 3.8) is 0 Å². The summed E-state index contributed by atoms with van der Waals surface area (Å²) in [7, 11) is 0. The van der Waals surface area contributed by atoms with E-state index in [1.807, 2.05) is 60.7 Å². The Bertz CT molecular complexity index is 607. The molecule has 0 saturated carbocycles. The van der Waals surface area contributed by atoms with Gasteiger partial charge in [0.25, 0.3) is 5.91 Å². The summed E-state index contributed by atoms with van der Waals surface area (Å²) in [6, 6.07) is 19.3. The van der Waals surface area contributed by atoms with E-state index in [1.54, 1.807) is 0 Å². The summed E-state index contributed by atoms with van der Waals surface area (Å²) < 4.78 is 0. The zero-order chi connectivity index (χ0) is 14.7. The first-order chi connectivity index (χ1) is 10.2. The van der Waals surface area contributed by atoms with Gasteiger partial charge in [0.05, 0.1) is 6.04 Å². The van der Waals surface area contributed by atoms with Gasteiger partial charge in [-0.3, -0.25) is 15.3 Å². The Balaban J connectivity index is 0.00000176. The zero-order valence-corrected chi connectivity index (χ0v) is 17.0. The van der Waals surface area contributed by atoms with Crippen LogP contribution in [0.2, 0.25) is 0 Å². The molecule has 4 nitrogen and oxygen atoms in total. The minimum Gasteiger partial charge on any atom is -0.284 e. The molecule has 1 aliphatic heterocycles. The van der Waals surface area contributed by atoms with Gasteiger partial charge in [-0.1, -0.05) is 60.7 Å². The molecule has 1 amide bonds. The van der Waals surface area contributed by atoms with E-state index < -0.39 is 0 Å².